The van der Waals surface area contributed by atoms with Crippen molar-refractivity contribution in [2.75, 3.05) is 31.1 Å². The van der Waals surface area contributed by atoms with Crippen molar-refractivity contribution in [3.63, 3.8) is 0 Å². The molecule has 2 aromatic rings. The lowest BCUT2D eigenvalue weighted by Crippen LogP contribution is -2.46. The molecule has 0 N–H and O–H groups in total. The Kier molecular flexibility index (Phi) is 3.41. The molecule has 6 nitrogen and oxygen atoms in total. The highest BCUT2D eigenvalue weighted by molar-refractivity contribution is 5.37. The minimum Gasteiger partial charge on any atom is -0.361 e. The Morgan fingerprint density at radius 1 is 1.26 bits per heavy atom. The van der Waals surface area contributed by atoms with E-state index in [1.807, 2.05) is 19.2 Å². The zero-order chi connectivity index (χ0) is 13.1. The van der Waals surface area contributed by atoms with Gasteiger partial charge in [0, 0.05) is 44.5 Å². The van der Waals surface area contributed by atoms with Crippen molar-refractivity contribution in [2.24, 2.45) is 0 Å². The minimum absolute atomic E-state index is 0.910. The van der Waals surface area contributed by atoms with Gasteiger partial charge in [0.1, 0.15) is 17.9 Å². The van der Waals surface area contributed by atoms with Crippen LogP contribution in [-0.2, 0) is 6.54 Å². The lowest BCUT2D eigenvalue weighted by atomic mass is 10.2. The van der Waals surface area contributed by atoms with Crippen LogP contribution in [0.15, 0.2) is 29.3 Å². The highest BCUT2D eigenvalue weighted by Crippen LogP contribution is 2.15. The summed E-state index contributed by atoms with van der Waals surface area (Å²) in [4.78, 5) is 12.9. The molecule has 0 aromatic carbocycles. The van der Waals surface area contributed by atoms with Crippen LogP contribution in [0.4, 0.5) is 5.82 Å². The number of aromatic nitrogens is 3. The lowest BCUT2D eigenvalue weighted by molar-refractivity contribution is 0.247. The summed E-state index contributed by atoms with van der Waals surface area (Å²) in [5, 5.41) is 3.82. The summed E-state index contributed by atoms with van der Waals surface area (Å²) in [6, 6.07) is 1.96. The standard InChI is InChI=1S/C13H17N5O/c1-11-12(8-16-19-11)9-17-4-6-18(7-5-17)13-2-3-14-10-15-13/h2-3,8,10H,4-7,9H2,1H3. The van der Waals surface area contributed by atoms with Crippen LogP contribution in [0.3, 0.4) is 0 Å². The van der Waals surface area contributed by atoms with Gasteiger partial charge in [-0.3, -0.25) is 4.90 Å². The maximum Gasteiger partial charge on any atom is 0.138 e. The SMILES string of the molecule is Cc1oncc1CN1CCN(c2ccncn2)CC1. The Balaban J connectivity index is 1.57. The van der Waals surface area contributed by atoms with Gasteiger partial charge in [0.25, 0.3) is 0 Å². The molecule has 2 aromatic heterocycles. The number of anilines is 1. The first-order valence-corrected chi connectivity index (χ1v) is 6.46. The van der Waals surface area contributed by atoms with Gasteiger partial charge in [0.15, 0.2) is 0 Å². The van der Waals surface area contributed by atoms with Gasteiger partial charge in [0.05, 0.1) is 6.20 Å². The van der Waals surface area contributed by atoms with Crippen LogP contribution in [0.2, 0.25) is 0 Å². The molecule has 1 fully saturated rings. The van der Waals surface area contributed by atoms with E-state index in [0.717, 1.165) is 44.3 Å². The second-order valence-corrected chi connectivity index (χ2v) is 4.74. The van der Waals surface area contributed by atoms with Crippen molar-refractivity contribution >= 4 is 5.82 Å². The largest absolute Gasteiger partial charge is 0.361 e. The third-order valence-electron chi connectivity index (χ3n) is 3.51. The predicted molar refractivity (Wildman–Crippen MR) is 70.8 cm³/mol. The third-order valence-corrected chi connectivity index (χ3v) is 3.51. The zero-order valence-electron chi connectivity index (χ0n) is 11.0. The van der Waals surface area contributed by atoms with Crippen LogP contribution in [0.1, 0.15) is 11.3 Å². The molecule has 19 heavy (non-hydrogen) atoms. The molecule has 0 bridgehead atoms. The fraction of sp³-hybridized carbons (Fsp3) is 0.462. The molecule has 0 radical (unpaired) electrons. The van der Waals surface area contributed by atoms with E-state index in [-0.39, 0.29) is 0 Å². The highest BCUT2D eigenvalue weighted by Gasteiger charge is 2.19. The molecule has 6 heteroatoms. The van der Waals surface area contributed by atoms with Gasteiger partial charge in [-0.05, 0) is 13.0 Å². The smallest absolute Gasteiger partial charge is 0.138 e. The first kappa shape index (κ1) is 12.1. The first-order chi connectivity index (χ1) is 9.33. The molecular weight excluding hydrogens is 242 g/mol. The van der Waals surface area contributed by atoms with Crippen molar-refractivity contribution in [2.45, 2.75) is 13.5 Å². The summed E-state index contributed by atoms with van der Waals surface area (Å²) in [5.74, 6) is 1.93. The van der Waals surface area contributed by atoms with E-state index in [0.29, 0.717) is 0 Å². The average molecular weight is 259 g/mol. The molecule has 100 valence electrons. The Labute approximate surface area is 112 Å². The van der Waals surface area contributed by atoms with Crippen LogP contribution < -0.4 is 4.90 Å². The molecule has 0 atom stereocenters. The van der Waals surface area contributed by atoms with Crippen LogP contribution >= 0.6 is 0 Å². The summed E-state index contributed by atoms with van der Waals surface area (Å²) in [7, 11) is 0. The molecule has 0 saturated carbocycles. The Bertz CT molecular complexity index is 519. The van der Waals surface area contributed by atoms with Crippen molar-refractivity contribution in [1.82, 2.24) is 20.0 Å². The van der Waals surface area contributed by atoms with E-state index in [1.165, 1.54) is 5.56 Å². The van der Waals surface area contributed by atoms with Crippen molar-refractivity contribution < 1.29 is 4.52 Å². The van der Waals surface area contributed by atoms with E-state index in [2.05, 4.69) is 24.9 Å². The predicted octanol–water partition coefficient (Wildman–Crippen LogP) is 1.10. The van der Waals surface area contributed by atoms with E-state index in [1.54, 1.807) is 12.5 Å². The fourth-order valence-corrected chi connectivity index (χ4v) is 2.32. The maximum absolute atomic E-state index is 5.09. The first-order valence-electron chi connectivity index (χ1n) is 6.46. The summed E-state index contributed by atoms with van der Waals surface area (Å²) in [6.07, 6.45) is 5.20. The molecule has 1 saturated heterocycles. The molecule has 0 aliphatic carbocycles. The molecule has 0 spiro atoms. The van der Waals surface area contributed by atoms with Gasteiger partial charge >= 0.3 is 0 Å². The van der Waals surface area contributed by atoms with Gasteiger partial charge in [-0.15, -0.1) is 0 Å². The normalized spacial score (nSPS) is 16.8. The summed E-state index contributed by atoms with van der Waals surface area (Å²) in [6.45, 7) is 6.89. The molecular formula is C13H17N5O. The Morgan fingerprint density at radius 2 is 2.11 bits per heavy atom. The third kappa shape index (κ3) is 2.73. The molecule has 0 amide bonds. The molecule has 1 aliphatic rings. The molecule has 3 rings (SSSR count). The maximum atomic E-state index is 5.09. The van der Waals surface area contributed by atoms with Gasteiger partial charge in [0.2, 0.25) is 0 Å². The number of hydrogen-bond donors (Lipinski definition) is 0. The number of nitrogens with zero attached hydrogens (tertiary/aromatic N) is 5. The molecule has 3 heterocycles. The summed E-state index contributed by atoms with van der Waals surface area (Å²) in [5.41, 5.74) is 1.18. The Morgan fingerprint density at radius 3 is 2.74 bits per heavy atom. The number of piperazine rings is 1. The van der Waals surface area contributed by atoms with Crippen molar-refractivity contribution in [3.05, 3.63) is 36.1 Å². The second-order valence-electron chi connectivity index (χ2n) is 4.74. The van der Waals surface area contributed by atoms with Gasteiger partial charge in [-0.2, -0.15) is 0 Å². The van der Waals surface area contributed by atoms with Gasteiger partial charge in [-0.25, -0.2) is 9.97 Å². The van der Waals surface area contributed by atoms with Crippen molar-refractivity contribution in [1.29, 1.82) is 0 Å². The van der Waals surface area contributed by atoms with E-state index < -0.39 is 0 Å². The molecule has 0 unspecified atom stereocenters. The van der Waals surface area contributed by atoms with Crippen LogP contribution in [0.5, 0.6) is 0 Å². The number of aryl methyl sites for hydroxylation is 1. The molecule has 1 aliphatic heterocycles. The minimum atomic E-state index is 0.910. The van der Waals surface area contributed by atoms with E-state index in [4.69, 9.17) is 4.52 Å². The van der Waals surface area contributed by atoms with Crippen LogP contribution in [0, 0.1) is 6.92 Å². The lowest BCUT2D eigenvalue weighted by Gasteiger charge is -2.35. The van der Waals surface area contributed by atoms with Crippen molar-refractivity contribution in [3.8, 4) is 0 Å². The van der Waals surface area contributed by atoms with Gasteiger partial charge in [-0.1, -0.05) is 5.16 Å². The van der Waals surface area contributed by atoms with Gasteiger partial charge < -0.3 is 9.42 Å². The van der Waals surface area contributed by atoms with Crippen LogP contribution in [0.25, 0.3) is 0 Å². The summed E-state index contributed by atoms with van der Waals surface area (Å²) < 4.78 is 5.09. The number of rotatable bonds is 3. The quantitative estimate of drug-likeness (QED) is 0.822. The monoisotopic (exact) mass is 259 g/mol. The topological polar surface area (TPSA) is 58.3 Å². The summed E-state index contributed by atoms with van der Waals surface area (Å²) >= 11 is 0. The van der Waals surface area contributed by atoms with Crippen LogP contribution in [-0.4, -0.2) is 46.2 Å². The Hall–Kier alpha value is -1.95. The van der Waals surface area contributed by atoms with E-state index >= 15 is 0 Å². The second kappa shape index (κ2) is 5.36. The van der Waals surface area contributed by atoms with E-state index in [9.17, 15) is 0 Å². The zero-order valence-corrected chi connectivity index (χ0v) is 11.0. The number of hydrogen-bond acceptors (Lipinski definition) is 6. The average Bonchev–Trinajstić information content (AvgIpc) is 2.86. The fourth-order valence-electron chi connectivity index (χ4n) is 2.32. The highest BCUT2D eigenvalue weighted by atomic mass is 16.5.